The van der Waals surface area contributed by atoms with Crippen molar-refractivity contribution in [2.45, 2.75) is 70.6 Å². The Kier molecular flexibility index (Phi) is 9.07. The van der Waals surface area contributed by atoms with Gasteiger partial charge in [0.05, 0.1) is 4.90 Å². The second-order valence-electron chi connectivity index (χ2n) is 10.3. The normalized spacial score (nSPS) is 13.2. The van der Waals surface area contributed by atoms with Crippen molar-refractivity contribution in [3.63, 3.8) is 0 Å². The topological polar surface area (TPSA) is 127 Å². The zero-order valence-electron chi connectivity index (χ0n) is 21.4. The number of hydrogen-bond donors (Lipinski definition) is 2. The summed E-state index contributed by atoms with van der Waals surface area (Å²) in [6.45, 7) is 12.4. The van der Waals surface area contributed by atoms with E-state index in [0.29, 0.717) is 0 Å². The second kappa shape index (κ2) is 11.2. The van der Waals surface area contributed by atoms with Gasteiger partial charge in [-0.25, -0.2) is 22.7 Å². The molecule has 0 radical (unpaired) electrons. The van der Waals surface area contributed by atoms with Crippen LogP contribution >= 0.6 is 0 Å². The molecule has 0 saturated carbocycles. The van der Waals surface area contributed by atoms with E-state index in [0.717, 1.165) is 10.8 Å². The van der Waals surface area contributed by atoms with Gasteiger partial charge in [0.15, 0.2) is 0 Å². The second-order valence-corrected chi connectivity index (χ2v) is 12.0. The Morgan fingerprint density at radius 2 is 1.69 bits per heavy atom. The van der Waals surface area contributed by atoms with E-state index in [2.05, 4.69) is 15.0 Å². The number of alkyl carbamates (subject to hydrolysis) is 1. The van der Waals surface area contributed by atoms with Crippen LogP contribution in [0.4, 0.5) is 9.59 Å². The molecule has 0 fully saturated rings. The van der Waals surface area contributed by atoms with Crippen LogP contribution in [0.25, 0.3) is 10.8 Å². The molecule has 0 aliphatic rings. The SMILES string of the molecule is C[C@H](CN(CCNC(=O)OC(C)(C)C)C(=O)OC(C)(C)C)NS(=O)(=O)c1ccc2cnccc2c1. The van der Waals surface area contributed by atoms with E-state index in [1.165, 1.54) is 11.0 Å². The molecule has 2 amide bonds. The molecule has 0 unspecified atom stereocenters. The molecule has 0 aliphatic heterocycles. The summed E-state index contributed by atoms with van der Waals surface area (Å²) in [5.74, 6) is 0. The van der Waals surface area contributed by atoms with Crippen LogP contribution in [0.3, 0.4) is 0 Å². The maximum absolute atomic E-state index is 13.0. The Labute approximate surface area is 207 Å². The molecule has 1 heterocycles. The molecule has 0 saturated heterocycles. The number of ether oxygens (including phenoxy) is 2. The number of benzene rings is 1. The van der Waals surface area contributed by atoms with Crippen molar-refractivity contribution < 1.29 is 27.5 Å². The predicted octanol–water partition coefficient (Wildman–Crippen LogP) is 3.66. The van der Waals surface area contributed by atoms with E-state index in [1.807, 2.05) is 0 Å². The van der Waals surface area contributed by atoms with Crippen LogP contribution < -0.4 is 10.0 Å². The fourth-order valence-electron chi connectivity index (χ4n) is 3.12. The van der Waals surface area contributed by atoms with Crippen molar-refractivity contribution in [3.8, 4) is 0 Å². The smallest absolute Gasteiger partial charge is 0.410 e. The Balaban J connectivity index is 2.08. The number of amides is 2. The van der Waals surface area contributed by atoms with Crippen LogP contribution in [0.5, 0.6) is 0 Å². The molecule has 35 heavy (non-hydrogen) atoms. The number of pyridine rings is 1. The highest BCUT2D eigenvalue weighted by Crippen LogP contribution is 2.18. The standard InChI is InChI=1S/C24H36N4O6S/c1-17(27-35(31,32)20-9-8-19-15-25-11-10-18(19)14-20)16-28(22(30)34-24(5,6)7)13-12-26-21(29)33-23(2,3)4/h8-11,14-15,17,27H,12-13,16H2,1-7H3,(H,26,29)/t17-/m1/s1. The number of carbonyl (C=O) groups excluding carboxylic acids is 2. The van der Waals surface area contributed by atoms with Gasteiger partial charge in [-0.2, -0.15) is 0 Å². The van der Waals surface area contributed by atoms with Gasteiger partial charge < -0.3 is 19.7 Å². The van der Waals surface area contributed by atoms with Crippen molar-refractivity contribution in [3.05, 3.63) is 36.7 Å². The van der Waals surface area contributed by atoms with Crippen molar-refractivity contribution in [2.24, 2.45) is 0 Å². The lowest BCUT2D eigenvalue weighted by molar-refractivity contribution is 0.0229. The van der Waals surface area contributed by atoms with Crippen molar-refractivity contribution >= 4 is 33.0 Å². The Morgan fingerprint density at radius 3 is 2.31 bits per heavy atom. The summed E-state index contributed by atoms with van der Waals surface area (Å²) in [5, 5.41) is 4.17. The van der Waals surface area contributed by atoms with E-state index in [9.17, 15) is 18.0 Å². The van der Waals surface area contributed by atoms with Gasteiger partial charge in [-0.15, -0.1) is 0 Å². The molecule has 2 N–H and O–H groups in total. The van der Waals surface area contributed by atoms with Gasteiger partial charge in [0.1, 0.15) is 11.2 Å². The molecule has 1 aromatic heterocycles. The molecular weight excluding hydrogens is 472 g/mol. The maximum atomic E-state index is 13.0. The zero-order chi connectivity index (χ0) is 26.4. The summed E-state index contributed by atoms with van der Waals surface area (Å²) >= 11 is 0. The number of nitrogens with zero attached hydrogens (tertiary/aromatic N) is 2. The number of hydrogen-bond acceptors (Lipinski definition) is 7. The third-order valence-electron chi connectivity index (χ3n) is 4.47. The van der Waals surface area contributed by atoms with E-state index in [1.54, 1.807) is 79.1 Å². The average molecular weight is 509 g/mol. The van der Waals surface area contributed by atoms with E-state index in [4.69, 9.17) is 9.47 Å². The van der Waals surface area contributed by atoms with Gasteiger partial charge in [0.25, 0.3) is 0 Å². The number of sulfonamides is 1. The molecular formula is C24H36N4O6S. The van der Waals surface area contributed by atoms with Crippen LogP contribution in [0.15, 0.2) is 41.6 Å². The Bertz CT molecular complexity index is 1140. The summed E-state index contributed by atoms with van der Waals surface area (Å²) < 4.78 is 39.2. The number of carbonyl (C=O) groups is 2. The number of rotatable bonds is 8. The fourth-order valence-corrected chi connectivity index (χ4v) is 4.39. The third kappa shape index (κ3) is 9.69. The Morgan fingerprint density at radius 1 is 1.03 bits per heavy atom. The highest BCUT2D eigenvalue weighted by Gasteiger charge is 2.26. The number of fused-ring (bicyclic) bond motifs is 1. The molecule has 1 atom stereocenters. The van der Waals surface area contributed by atoms with Crippen LogP contribution in [0.1, 0.15) is 48.5 Å². The third-order valence-corrected chi connectivity index (χ3v) is 6.06. The lowest BCUT2D eigenvalue weighted by Crippen LogP contribution is -2.48. The van der Waals surface area contributed by atoms with Gasteiger partial charge in [0, 0.05) is 43.5 Å². The minimum Gasteiger partial charge on any atom is -0.444 e. The first-order valence-corrected chi connectivity index (χ1v) is 12.8. The fraction of sp³-hybridized carbons (Fsp3) is 0.542. The zero-order valence-corrected chi connectivity index (χ0v) is 22.2. The van der Waals surface area contributed by atoms with E-state index < -0.39 is 39.5 Å². The first kappa shape index (κ1) is 28.3. The number of aromatic nitrogens is 1. The molecule has 1 aromatic carbocycles. The van der Waals surface area contributed by atoms with Gasteiger partial charge in [-0.3, -0.25) is 4.98 Å². The summed E-state index contributed by atoms with van der Waals surface area (Å²) in [5.41, 5.74) is -1.39. The van der Waals surface area contributed by atoms with Gasteiger partial charge >= 0.3 is 12.2 Å². The van der Waals surface area contributed by atoms with Crippen molar-refractivity contribution in [2.75, 3.05) is 19.6 Å². The largest absolute Gasteiger partial charge is 0.444 e. The summed E-state index contributed by atoms with van der Waals surface area (Å²) in [4.78, 5) is 30.2. The predicted molar refractivity (Wildman–Crippen MR) is 134 cm³/mol. The monoisotopic (exact) mass is 508 g/mol. The van der Waals surface area contributed by atoms with Crippen LogP contribution in [-0.4, -0.2) is 67.4 Å². The first-order valence-electron chi connectivity index (χ1n) is 11.4. The van der Waals surface area contributed by atoms with Crippen LogP contribution in [0.2, 0.25) is 0 Å². The van der Waals surface area contributed by atoms with Crippen molar-refractivity contribution in [1.29, 1.82) is 0 Å². The summed E-state index contributed by atoms with van der Waals surface area (Å²) in [6.07, 6.45) is 2.03. The molecule has 11 heteroatoms. The van der Waals surface area contributed by atoms with Crippen molar-refractivity contribution in [1.82, 2.24) is 19.9 Å². The highest BCUT2D eigenvalue weighted by molar-refractivity contribution is 7.89. The molecule has 10 nitrogen and oxygen atoms in total. The lowest BCUT2D eigenvalue weighted by atomic mass is 10.2. The first-order chi connectivity index (χ1) is 16.1. The van der Waals surface area contributed by atoms with E-state index >= 15 is 0 Å². The summed E-state index contributed by atoms with van der Waals surface area (Å²) in [7, 11) is -3.85. The highest BCUT2D eigenvalue weighted by atomic mass is 32.2. The lowest BCUT2D eigenvalue weighted by Gasteiger charge is -2.29. The minimum atomic E-state index is -3.85. The van der Waals surface area contributed by atoms with Gasteiger partial charge in [-0.05, 0) is 72.1 Å². The summed E-state index contributed by atoms with van der Waals surface area (Å²) in [6, 6.07) is 5.87. The van der Waals surface area contributed by atoms with Crippen LogP contribution in [-0.2, 0) is 19.5 Å². The average Bonchev–Trinajstić information content (AvgIpc) is 2.69. The van der Waals surface area contributed by atoms with E-state index in [-0.39, 0.29) is 24.5 Å². The molecule has 194 valence electrons. The molecule has 2 rings (SSSR count). The molecule has 2 aromatic rings. The van der Waals surface area contributed by atoms with Crippen LogP contribution in [0, 0.1) is 0 Å². The maximum Gasteiger partial charge on any atom is 0.410 e. The number of nitrogens with one attached hydrogen (secondary N) is 2. The van der Waals surface area contributed by atoms with Gasteiger partial charge in [-0.1, -0.05) is 6.07 Å². The molecule has 0 spiro atoms. The Hall–Kier alpha value is -2.92. The minimum absolute atomic E-state index is 0.0294. The quantitative estimate of drug-likeness (QED) is 0.557. The molecule has 0 bridgehead atoms. The van der Waals surface area contributed by atoms with Gasteiger partial charge in [0.2, 0.25) is 10.0 Å². The molecule has 0 aliphatic carbocycles.